The highest BCUT2D eigenvalue weighted by Gasteiger charge is 2.36. The highest BCUT2D eigenvalue weighted by Crippen LogP contribution is 2.27. The maximum Gasteiger partial charge on any atom is 0.0409 e. The van der Waals surface area contributed by atoms with Crippen molar-refractivity contribution in [3.8, 4) is 0 Å². The monoisotopic (exact) mass is 264 g/mol. The Kier molecular flexibility index (Phi) is 3.60. The molecule has 0 radical (unpaired) electrons. The summed E-state index contributed by atoms with van der Waals surface area (Å²) in [5.74, 6) is 0. The first-order chi connectivity index (χ1) is 8.74. The van der Waals surface area contributed by atoms with E-state index in [1.54, 1.807) is 0 Å². The SMILES string of the molecule is C[C@@H]1[C@H]2CCCN2CCN1Cc1cccc(Cl)c1. The lowest BCUT2D eigenvalue weighted by molar-refractivity contribution is 0.0470. The van der Waals surface area contributed by atoms with Gasteiger partial charge in [-0.1, -0.05) is 23.7 Å². The summed E-state index contributed by atoms with van der Waals surface area (Å²) in [5.41, 5.74) is 1.33. The van der Waals surface area contributed by atoms with Gasteiger partial charge in [-0.25, -0.2) is 0 Å². The molecule has 1 aromatic carbocycles. The van der Waals surface area contributed by atoms with E-state index >= 15 is 0 Å². The van der Waals surface area contributed by atoms with E-state index in [0.717, 1.165) is 17.6 Å². The van der Waals surface area contributed by atoms with Gasteiger partial charge in [0, 0.05) is 36.7 Å². The van der Waals surface area contributed by atoms with Crippen molar-refractivity contribution < 1.29 is 0 Å². The minimum Gasteiger partial charge on any atom is -0.298 e. The van der Waals surface area contributed by atoms with Crippen molar-refractivity contribution in [2.75, 3.05) is 19.6 Å². The Bertz CT molecular complexity index is 421. The highest BCUT2D eigenvalue weighted by molar-refractivity contribution is 6.30. The molecule has 0 aromatic heterocycles. The normalized spacial score (nSPS) is 29.4. The molecule has 0 spiro atoms. The van der Waals surface area contributed by atoms with Crippen molar-refractivity contribution in [1.82, 2.24) is 9.80 Å². The molecule has 1 aromatic rings. The van der Waals surface area contributed by atoms with E-state index in [1.807, 2.05) is 12.1 Å². The van der Waals surface area contributed by atoms with Gasteiger partial charge in [0.1, 0.15) is 0 Å². The molecule has 18 heavy (non-hydrogen) atoms. The third-order valence-electron chi connectivity index (χ3n) is 4.50. The molecule has 0 bridgehead atoms. The summed E-state index contributed by atoms with van der Waals surface area (Å²) in [6, 6.07) is 9.71. The molecule has 2 saturated heterocycles. The predicted molar refractivity (Wildman–Crippen MR) is 75.9 cm³/mol. The summed E-state index contributed by atoms with van der Waals surface area (Å²) < 4.78 is 0. The summed E-state index contributed by atoms with van der Waals surface area (Å²) in [5, 5.41) is 0.847. The predicted octanol–water partition coefficient (Wildman–Crippen LogP) is 3.01. The van der Waals surface area contributed by atoms with Gasteiger partial charge in [0.05, 0.1) is 0 Å². The van der Waals surface area contributed by atoms with Gasteiger partial charge in [-0.2, -0.15) is 0 Å². The van der Waals surface area contributed by atoms with Crippen molar-refractivity contribution in [3.63, 3.8) is 0 Å². The molecule has 2 aliphatic heterocycles. The standard InChI is InChI=1S/C15H21ClN2/c1-12-15-6-3-7-17(15)8-9-18(12)11-13-4-2-5-14(16)10-13/h2,4-5,10,12,15H,3,6-9,11H2,1H3/t12-,15-/m1/s1. The van der Waals surface area contributed by atoms with Crippen molar-refractivity contribution in [1.29, 1.82) is 0 Å². The fourth-order valence-corrected chi connectivity index (χ4v) is 3.69. The van der Waals surface area contributed by atoms with Crippen LogP contribution >= 0.6 is 11.6 Å². The Morgan fingerprint density at radius 1 is 1.28 bits per heavy atom. The van der Waals surface area contributed by atoms with Gasteiger partial charge < -0.3 is 0 Å². The van der Waals surface area contributed by atoms with Crippen LogP contribution in [0.15, 0.2) is 24.3 Å². The molecule has 2 aliphatic rings. The second kappa shape index (κ2) is 5.20. The molecular formula is C15H21ClN2. The second-order valence-electron chi connectivity index (χ2n) is 5.59. The van der Waals surface area contributed by atoms with E-state index in [4.69, 9.17) is 11.6 Å². The summed E-state index contributed by atoms with van der Waals surface area (Å²) in [6.07, 6.45) is 2.74. The van der Waals surface area contributed by atoms with Crippen LogP contribution in [0.5, 0.6) is 0 Å². The number of rotatable bonds is 2. The van der Waals surface area contributed by atoms with Gasteiger partial charge in [0.15, 0.2) is 0 Å². The van der Waals surface area contributed by atoms with E-state index in [1.165, 1.54) is 38.0 Å². The summed E-state index contributed by atoms with van der Waals surface area (Å²) in [4.78, 5) is 5.28. The molecule has 0 N–H and O–H groups in total. The Morgan fingerprint density at radius 2 is 2.17 bits per heavy atom. The first kappa shape index (κ1) is 12.5. The van der Waals surface area contributed by atoms with Crippen molar-refractivity contribution in [2.45, 2.75) is 38.4 Å². The van der Waals surface area contributed by atoms with Gasteiger partial charge in [-0.05, 0) is 44.0 Å². The van der Waals surface area contributed by atoms with Gasteiger partial charge in [-0.15, -0.1) is 0 Å². The summed E-state index contributed by atoms with van der Waals surface area (Å²) in [6.45, 7) is 7.14. The smallest absolute Gasteiger partial charge is 0.0409 e. The average Bonchev–Trinajstić information content (AvgIpc) is 2.82. The van der Waals surface area contributed by atoms with Gasteiger partial charge in [0.25, 0.3) is 0 Å². The fourth-order valence-electron chi connectivity index (χ4n) is 3.47. The number of halogens is 1. The molecule has 0 saturated carbocycles. The third kappa shape index (κ3) is 2.42. The zero-order valence-electron chi connectivity index (χ0n) is 11.0. The molecule has 3 rings (SSSR count). The molecule has 3 heteroatoms. The van der Waals surface area contributed by atoms with Crippen LogP contribution in [0, 0.1) is 0 Å². The fraction of sp³-hybridized carbons (Fsp3) is 0.600. The number of piperazine rings is 1. The third-order valence-corrected chi connectivity index (χ3v) is 4.73. The summed E-state index contributed by atoms with van der Waals surface area (Å²) >= 11 is 6.06. The van der Waals surface area contributed by atoms with Crippen molar-refractivity contribution >= 4 is 11.6 Å². The van der Waals surface area contributed by atoms with E-state index in [9.17, 15) is 0 Å². The maximum atomic E-state index is 6.06. The van der Waals surface area contributed by atoms with E-state index < -0.39 is 0 Å². The van der Waals surface area contributed by atoms with Crippen LogP contribution in [0.25, 0.3) is 0 Å². The molecule has 2 fully saturated rings. The minimum atomic E-state index is 0.667. The van der Waals surface area contributed by atoms with E-state index in [2.05, 4.69) is 28.9 Å². The van der Waals surface area contributed by atoms with Crippen LogP contribution in [0.1, 0.15) is 25.3 Å². The molecule has 98 valence electrons. The number of hydrogen-bond acceptors (Lipinski definition) is 2. The lowest BCUT2D eigenvalue weighted by Crippen LogP contribution is -2.55. The molecule has 2 atom stereocenters. The maximum absolute atomic E-state index is 6.06. The zero-order valence-corrected chi connectivity index (χ0v) is 11.7. The Labute approximate surface area is 115 Å². The zero-order chi connectivity index (χ0) is 12.5. The number of hydrogen-bond donors (Lipinski definition) is 0. The molecule has 2 nitrogen and oxygen atoms in total. The number of nitrogens with zero attached hydrogens (tertiary/aromatic N) is 2. The Morgan fingerprint density at radius 3 is 3.00 bits per heavy atom. The molecule has 2 heterocycles. The molecule has 0 aliphatic carbocycles. The molecule has 0 unspecified atom stereocenters. The highest BCUT2D eigenvalue weighted by atomic mass is 35.5. The van der Waals surface area contributed by atoms with E-state index in [-0.39, 0.29) is 0 Å². The van der Waals surface area contributed by atoms with Crippen LogP contribution in [0.2, 0.25) is 5.02 Å². The second-order valence-corrected chi connectivity index (χ2v) is 6.02. The quantitative estimate of drug-likeness (QED) is 0.810. The molecule has 0 amide bonds. The lowest BCUT2D eigenvalue weighted by Gasteiger charge is -2.43. The first-order valence-electron chi connectivity index (χ1n) is 6.96. The molecular weight excluding hydrogens is 244 g/mol. The van der Waals surface area contributed by atoms with Crippen LogP contribution in [-0.4, -0.2) is 41.5 Å². The van der Waals surface area contributed by atoms with Crippen LogP contribution in [0.4, 0.5) is 0 Å². The minimum absolute atomic E-state index is 0.667. The topological polar surface area (TPSA) is 6.48 Å². The Hall–Kier alpha value is -0.570. The van der Waals surface area contributed by atoms with Gasteiger partial charge in [-0.3, -0.25) is 9.80 Å². The van der Waals surface area contributed by atoms with Crippen LogP contribution < -0.4 is 0 Å². The number of fused-ring (bicyclic) bond motifs is 1. The largest absolute Gasteiger partial charge is 0.298 e. The van der Waals surface area contributed by atoms with Gasteiger partial charge >= 0.3 is 0 Å². The van der Waals surface area contributed by atoms with Crippen molar-refractivity contribution in [3.05, 3.63) is 34.9 Å². The van der Waals surface area contributed by atoms with Crippen LogP contribution in [0.3, 0.4) is 0 Å². The lowest BCUT2D eigenvalue weighted by atomic mass is 10.0. The first-order valence-corrected chi connectivity index (χ1v) is 7.34. The average molecular weight is 265 g/mol. The van der Waals surface area contributed by atoms with Crippen molar-refractivity contribution in [2.24, 2.45) is 0 Å². The van der Waals surface area contributed by atoms with E-state index in [0.29, 0.717) is 6.04 Å². The van der Waals surface area contributed by atoms with Gasteiger partial charge in [0.2, 0.25) is 0 Å². The van der Waals surface area contributed by atoms with Crippen LogP contribution in [-0.2, 0) is 6.54 Å². The summed E-state index contributed by atoms with van der Waals surface area (Å²) in [7, 11) is 0. The Balaban J connectivity index is 1.69. The number of benzene rings is 1.